The van der Waals surface area contributed by atoms with Gasteiger partial charge in [-0.1, -0.05) is 38.1 Å². The molecule has 0 saturated carbocycles. The first-order valence-corrected chi connectivity index (χ1v) is 11.7. The molecule has 0 aliphatic rings. The SMILES string of the molecule is CC(C)c1ccccc1N(/N=C\c1ccc2c(C(=O)Nc3ccc(OC(F)(F)F)cc3)nn(C)c2c1)C(=O)O. The highest BCUT2D eigenvalue weighted by molar-refractivity contribution is 6.11. The number of amides is 2. The number of anilines is 2. The number of fused-ring (bicyclic) bond motifs is 1. The summed E-state index contributed by atoms with van der Waals surface area (Å²) >= 11 is 0. The Kier molecular flexibility index (Phi) is 7.56. The number of hydrogen-bond acceptors (Lipinski definition) is 5. The van der Waals surface area contributed by atoms with Gasteiger partial charge in [0.2, 0.25) is 0 Å². The lowest BCUT2D eigenvalue weighted by molar-refractivity contribution is -0.274. The largest absolute Gasteiger partial charge is 0.573 e. The van der Waals surface area contributed by atoms with Crippen LogP contribution in [0, 0.1) is 0 Å². The van der Waals surface area contributed by atoms with Gasteiger partial charge >= 0.3 is 12.5 Å². The number of alkyl halides is 3. The fourth-order valence-electron chi connectivity index (χ4n) is 3.96. The normalized spacial score (nSPS) is 11.8. The van der Waals surface area contributed by atoms with Crippen molar-refractivity contribution in [1.29, 1.82) is 0 Å². The van der Waals surface area contributed by atoms with Gasteiger partial charge < -0.3 is 15.2 Å². The van der Waals surface area contributed by atoms with Crippen LogP contribution < -0.4 is 15.1 Å². The predicted octanol–water partition coefficient (Wildman–Crippen LogP) is 6.37. The fourth-order valence-corrected chi connectivity index (χ4v) is 3.96. The van der Waals surface area contributed by atoms with Crippen LogP contribution in [-0.2, 0) is 7.05 Å². The Balaban J connectivity index is 1.56. The van der Waals surface area contributed by atoms with Crippen molar-refractivity contribution in [2.24, 2.45) is 12.1 Å². The maximum absolute atomic E-state index is 12.9. The molecule has 0 aliphatic heterocycles. The Morgan fingerprint density at radius 2 is 1.79 bits per heavy atom. The minimum Gasteiger partial charge on any atom is -0.463 e. The van der Waals surface area contributed by atoms with Crippen molar-refractivity contribution in [2.45, 2.75) is 26.1 Å². The summed E-state index contributed by atoms with van der Waals surface area (Å²) < 4.78 is 42.4. The molecular weight excluding hydrogens is 515 g/mol. The van der Waals surface area contributed by atoms with Gasteiger partial charge in [0, 0.05) is 18.1 Å². The maximum atomic E-state index is 12.9. The van der Waals surface area contributed by atoms with Crippen LogP contribution in [-0.4, -0.2) is 39.5 Å². The third-order valence-electron chi connectivity index (χ3n) is 5.73. The standard InChI is InChI=1S/C27H24F3N5O4/c1-16(2)20-6-4-5-7-22(20)35(26(37)38)31-15-17-8-13-21-23(14-17)34(3)33-24(21)25(36)32-18-9-11-19(12-10-18)39-27(28,29)30/h4-16H,1-3H3,(H,32,36)(H,37,38)/b31-15-. The van der Waals surface area contributed by atoms with E-state index in [0.717, 1.165) is 22.7 Å². The van der Waals surface area contributed by atoms with Crippen molar-refractivity contribution in [1.82, 2.24) is 9.78 Å². The van der Waals surface area contributed by atoms with Crippen LogP contribution in [0.5, 0.6) is 5.75 Å². The van der Waals surface area contributed by atoms with Crippen molar-refractivity contribution in [3.05, 3.63) is 83.6 Å². The molecule has 0 atom stereocenters. The van der Waals surface area contributed by atoms with Gasteiger partial charge in [0.25, 0.3) is 5.91 Å². The number of carbonyl (C=O) groups is 2. The van der Waals surface area contributed by atoms with Gasteiger partial charge in [0.15, 0.2) is 5.69 Å². The highest BCUT2D eigenvalue weighted by Gasteiger charge is 2.31. The van der Waals surface area contributed by atoms with Gasteiger partial charge in [0.05, 0.1) is 17.4 Å². The lowest BCUT2D eigenvalue weighted by atomic mass is 10.0. The molecule has 0 unspecified atom stereocenters. The molecule has 0 bridgehead atoms. The van der Waals surface area contributed by atoms with Crippen LogP contribution in [0.25, 0.3) is 10.9 Å². The molecule has 9 nitrogen and oxygen atoms in total. The molecule has 0 spiro atoms. The zero-order valence-electron chi connectivity index (χ0n) is 21.1. The number of para-hydroxylation sites is 1. The van der Waals surface area contributed by atoms with Crippen LogP contribution in [0.15, 0.2) is 71.8 Å². The minimum absolute atomic E-state index is 0.0831. The number of rotatable bonds is 7. The van der Waals surface area contributed by atoms with E-state index >= 15 is 0 Å². The van der Waals surface area contributed by atoms with Gasteiger partial charge in [-0.25, -0.2) is 4.79 Å². The second-order valence-electron chi connectivity index (χ2n) is 8.83. The fraction of sp³-hybridized carbons (Fsp3) is 0.185. The van der Waals surface area contributed by atoms with E-state index in [1.807, 2.05) is 26.0 Å². The van der Waals surface area contributed by atoms with Gasteiger partial charge in [-0.05, 0) is 59.5 Å². The number of halogens is 3. The van der Waals surface area contributed by atoms with E-state index < -0.39 is 24.1 Å². The molecule has 3 aromatic carbocycles. The van der Waals surface area contributed by atoms with Crippen LogP contribution in [0.1, 0.15) is 41.4 Å². The van der Waals surface area contributed by atoms with Crippen LogP contribution >= 0.6 is 0 Å². The highest BCUT2D eigenvalue weighted by Crippen LogP contribution is 2.28. The van der Waals surface area contributed by atoms with Crippen molar-refractivity contribution < 1.29 is 32.6 Å². The van der Waals surface area contributed by atoms with Gasteiger partial charge in [-0.3, -0.25) is 9.48 Å². The van der Waals surface area contributed by atoms with Crippen LogP contribution in [0.4, 0.5) is 29.3 Å². The molecule has 0 aliphatic carbocycles. The third-order valence-corrected chi connectivity index (χ3v) is 5.73. The van der Waals surface area contributed by atoms with Gasteiger partial charge in [0.1, 0.15) is 5.75 Å². The molecule has 2 amide bonds. The lowest BCUT2D eigenvalue weighted by Gasteiger charge is -2.19. The monoisotopic (exact) mass is 539 g/mol. The number of nitrogens with one attached hydrogen (secondary N) is 1. The van der Waals surface area contributed by atoms with Gasteiger partial charge in [-0.2, -0.15) is 15.2 Å². The zero-order valence-corrected chi connectivity index (χ0v) is 21.1. The van der Waals surface area contributed by atoms with E-state index in [-0.39, 0.29) is 17.3 Å². The van der Waals surface area contributed by atoms with Crippen molar-refractivity contribution >= 4 is 40.5 Å². The lowest BCUT2D eigenvalue weighted by Crippen LogP contribution is -2.24. The summed E-state index contributed by atoms with van der Waals surface area (Å²) in [5.41, 5.74) is 2.80. The van der Waals surface area contributed by atoms with E-state index in [4.69, 9.17) is 0 Å². The average Bonchev–Trinajstić information content (AvgIpc) is 3.20. The van der Waals surface area contributed by atoms with E-state index in [1.165, 1.54) is 23.0 Å². The Bertz CT molecular complexity index is 1550. The molecule has 39 heavy (non-hydrogen) atoms. The number of carboxylic acid groups (broad SMARTS) is 1. The number of hydrazone groups is 1. The average molecular weight is 540 g/mol. The maximum Gasteiger partial charge on any atom is 0.573 e. The summed E-state index contributed by atoms with van der Waals surface area (Å²) in [4.78, 5) is 24.8. The number of carbonyl (C=O) groups excluding carboxylic acids is 1. The number of ether oxygens (including phenoxy) is 1. The highest BCUT2D eigenvalue weighted by atomic mass is 19.4. The predicted molar refractivity (Wildman–Crippen MR) is 140 cm³/mol. The quantitative estimate of drug-likeness (QED) is 0.210. The Morgan fingerprint density at radius 1 is 1.10 bits per heavy atom. The zero-order chi connectivity index (χ0) is 28.3. The molecule has 4 aromatic rings. The first kappa shape index (κ1) is 27.2. The smallest absolute Gasteiger partial charge is 0.463 e. The van der Waals surface area contributed by atoms with E-state index in [9.17, 15) is 27.9 Å². The van der Waals surface area contributed by atoms with Crippen molar-refractivity contribution in [2.75, 3.05) is 10.3 Å². The summed E-state index contributed by atoms with van der Waals surface area (Å²) in [5.74, 6) is -0.888. The van der Waals surface area contributed by atoms with Gasteiger partial charge in [-0.15, -0.1) is 13.2 Å². The van der Waals surface area contributed by atoms with Crippen molar-refractivity contribution in [3.8, 4) is 5.75 Å². The molecular formula is C27H24F3N5O4. The summed E-state index contributed by atoms with van der Waals surface area (Å²) in [6, 6.07) is 16.9. The number of nitrogens with zero attached hydrogens (tertiary/aromatic N) is 4. The molecule has 202 valence electrons. The summed E-state index contributed by atoms with van der Waals surface area (Å²) in [7, 11) is 1.64. The minimum atomic E-state index is -4.81. The number of hydrogen-bond donors (Lipinski definition) is 2. The molecule has 12 heteroatoms. The first-order chi connectivity index (χ1) is 18.4. The summed E-state index contributed by atoms with van der Waals surface area (Å²) in [5, 5.41) is 22.3. The molecule has 1 aromatic heterocycles. The second kappa shape index (κ2) is 10.9. The van der Waals surface area contributed by atoms with E-state index in [1.54, 1.807) is 37.4 Å². The number of aryl methyl sites for hydroxylation is 1. The molecule has 4 rings (SSSR count). The topological polar surface area (TPSA) is 109 Å². The summed E-state index contributed by atoms with van der Waals surface area (Å²) in [6.07, 6.45) is -4.65. The van der Waals surface area contributed by atoms with E-state index in [0.29, 0.717) is 22.2 Å². The summed E-state index contributed by atoms with van der Waals surface area (Å²) in [6.45, 7) is 3.92. The van der Waals surface area contributed by atoms with Crippen LogP contribution in [0.2, 0.25) is 0 Å². The Labute approximate surface area is 221 Å². The molecule has 0 fully saturated rings. The van der Waals surface area contributed by atoms with Crippen LogP contribution in [0.3, 0.4) is 0 Å². The van der Waals surface area contributed by atoms with E-state index in [2.05, 4.69) is 20.3 Å². The molecule has 0 saturated heterocycles. The first-order valence-electron chi connectivity index (χ1n) is 11.7. The number of aromatic nitrogens is 2. The second-order valence-corrected chi connectivity index (χ2v) is 8.83. The van der Waals surface area contributed by atoms with Crippen molar-refractivity contribution in [3.63, 3.8) is 0 Å². The molecule has 1 heterocycles. The third kappa shape index (κ3) is 6.35. The Hall–Kier alpha value is -4.87. The number of benzene rings is 3. The molecule has 0 radical (unpaired) electrons. The Morgan fingerprint density at radius 3 is 2.44 bits per heavy atom. The molecule has 2 N–H and O–H groups in total.